The Hall–Kier alpha value is -1.88. The van der Waals surface area contributed by atoms with Gasteiger partial charge in [0.1, 0.15) is 12.4 Å². The van der Waals surface area contributed by atoms with E-state index in [1.165, 1.54) is 0 Å². The Morgan fingerprint density at radius 3 is 2.89 bits per heavy atom. The van der Waals surface area contributed by atoms with Crippen LogP contribution in [0.15, 0.2) is 35.3 Å². The quantitative estimate of drug-likeness (QED) is 0.766. The number of carbonyl (C=O) groups excluding carboxylic acids is 1. The fourth-order valence-corrected chi connectivity index (χ4v) is 2.02. The molecule has 0 saturated carbocycles. The molecule has 2 rings (SSSR count). The molecule has 0 atom stereocenters. The molecule has 1 heterocycles. The maximum absolute atomic E-state index is 11.4. The number of nitrogens with zero attached hydrogens (tertiary/aromatic N) is 2. The van der Waals surface area contributed by atoms with Crippen molar-refractivity contribution in [1.29, 1.82) is 0 Å². The van der Waals surface area contributed by atoms with Crippen LogP contribution in [0.3, 0.4) is 0 Å². The molecule has 102 valence electrons. The van der Waals surface area contributed by atoms with Gasteiger partial charge in [-0.15, -0.1) is 0 Å². The molecule has 0 aromatic heterocycles. The maximum Gasteiger partial charge on any atom is 0.307 e. The number of ether oxygens (including phenoxy) is 1. The van der Waals surface area contributed by atoms with E-state index in [0.29, 0.717) is 13.0 Å². The summed E-state index contributed by atoms with van der Waals surface area (Å²) in [6.07, 6.45) is 0.311. The van der Waals surface area contributed by atoms with Gasteiger partial charge in [0.25, 0.3) is 0 Å². The molecule has 1 aliphatic heterocycles. The molecular weight excluding hydrogens is 244 g/mol. The second-order valence-electron chi connectivity index (χ2n) is 4.25. The normalized spacial score (nSPS) is 14.4. The molecular formula is C14H18N2O3. The van der Waals surface area contributed by atoms with Gasteiger partial charge >= 0.3 is 5.97 Å². The van der Waals surface area contributed by atoms with Crippen molar-refractivity contribution < 1.29 is 14.6 Å². The molecule has 0 spiro atoms. The first-order valence-electron chi connectivity index (χ1n) is 6.42. The van der Waals surface area contributed by atoms with E-state index >= 15 is 0 Å². The van der Waals surface area contributed by atoms with Crippen molar-refractivity contribution in [2.24, 2.45) is 4.99 Å². The molecule has 0 fully saturated rings. The lowest BCUT2D eigenvalue weighted by Gasteiger charge is -2.19. The highest BCUT2D eigenvalue weighted by atomic mass is 16.5. The van der Waals surface area contributed by atoms with E-state index in [4.69, 9.17) is 9.84 Å². The Morgan fingerprint density at radius 2 is 2.16 bits per heavy atom. The minimum atomic E-state index is -0.284. The first kappa shape index (κ1) is 13.5. The maximum atomic E-state index is 11.4. The lowest BCUT2D eigenvalue weighted by atomic mass is 10.2. The van der Waals surface area contributed by atoms with E-state index < -0.39 is 0 Å². The number of hydrogen-bond acceptors (Lipinski definition) is 5. The molecule has 5 heteroatoms. The zero-order valence-corrected chi connectivity index (χ0v) is 10.8. The van der Waals surface area contributed by atoms with Gasteiger partial charge in [-0.1, -0.05) is 30.3 Å². The number of esters is 1. The summed E-state index contributed by atoms with van der Waals surface area (Å²) in [6, 6.07) is 9.95. The average molecular weight is 262 g/mol. The molecule has 1 aromatic rings. The first-order chi connectivity index (χ1) is 9.31. The zero-order chi connectivity index (χ0) is 13.5. The Balaban J connectivity index is 1.87. The third-order valence-corrected chi connectivity index (χ3v) is 2.90. The first-order valence-corrected chi connectivity index (χ1v) is 6.42. The number of aliphatic imine (C=N–C) groups is 1. The number of rotatable bonds is 6. The highest BCUT2D eigenvalue weighted by molar-refractivity contribution is 5.99. The Morgan fingerprint density at radius 1 is 1.37 bits per heavy atom. The molecule has 19 heavy (non-hydrogen) atoms. The van der Waals surface area contributed by atoms with E-state index in [-0.39, 0.29) is 19.2 Å². The van der Waals surface area contributed by atoms with Crippen molar-refractivity contribution >= 4 is 11.8 Å². The Labute approximate surface area is 112 Å². The van der Waals surface area contributed by atoms with Crippen LogP contribution >= 0.6 is 0 Å². The van der Waals surface area contributed by atoms with E-state index in [2.05, 4.69) is 9.89 Å². The minimum absolute atomic E-state index is 0.0679. The van der Waals surface area contributed by atoms with Crippen LogP contribution in [0.5, 0.6) is 0 Å². The van der Waals surface area contributed by atoms with Gasteiger partial charge in [0, 0.05) is 18.7 Å². The van der Waals surface area contributed by atoms with Crippen molar-refractivity contribution in [2.75, 3.05) is 32.8 Å². The standard InChI is InChI=1S/C14H18N2O3/c17-10-11-19-13(18)6-8-16-9-7-15-14(16)12-4-2-1-3-5-12/h1-5,17H,6-11H2. The van der Waals surface area contributed by atoms with Crippen LogP contribution < -0.4 is 0 Å². The van der Waals surface area contributed by atoms with E-state index in [0.717, 1.165) is 24.5 Å². The van der Waals surface area contributed by atoms with Gasteiger partial charge in [0.05, 0.1) is 19.6 Å². The van der Waals surface area contributed by atoms with Gasteiger partial charge in [0.2, 0.25) is 0 Å². The Bertz CT molecular complexity index is 445. The largest absolute Gasteiger partial charge is 0.463 e. The molecule has 0 radical (unpaired) electrons. The molecule has 1 N–H and O–H groups in total. The second-order valence-corrected chi connectivity index (χ2v) is 4.25. The summed E-state index contributed by atoms with van der Waals surface area (Å²) in [5.74, 6) is 0.656. The van der Waals surface area contributed by atoms with Crippen LogP contribution in [0.1, 0.15) is 12.0 Å². The summed E-state index contributed by atoms with van der Waals surface area (Å²) >= 11 is 0. The highest BCUT2D eigenvalue weighted by Gasteiger charge is 2.19. The smallest absolute Gasteiger partial charge is 0.307 e. The van der Waals surface area contributed by atoms with Crippen molar-refractivity contribution in [1.82, 2.24) is 4.90 Å². The SMILES string of the molecule is O=C(CCN1CCN=C1c1ccccc1)OCCO. The molecule has 1 aromatic carbocycles. The third kappa shape index (κ3) is 3.79. The van der Waals surface area contributed by atoms with Gasteiger partial charge in [0.15, 0.2) is 0 Å². The van der Waals surface area contributed by atoms with Crippen LogP contribution in [0.4, 0.5) is 0 Å². The van der Waals surface area contributed by atoms with Crippen LogP contribution in [-0.2, 0) is 9.53 Å². The van der Waals surface area contributed by atoms with Crippen LogP contribution in [0, 0.1) is 0 Å². The third-order valence-electron chi connectivity index (χ3n) is 2.90. The number of benzene rings is 1. The molecule has 0 aliphatic carbocycles. The van der Waals surface area contributed by atoms with Crippen LogP contribution in [0.25, 0.3) is 0 Å². The van der Waals surface area contributed by atoms with Crippen LogP contribution in [0.2, 0.25) is 0 Å². The molecule has 0 saturated heterocycles. The lowest BCUT2D eigenvalue weighted by Crippen LogP contribution is -2.31. The molecule has 1 aliphatic rings. The summed E-state index contributed by atoms with van der Waals surface area (Å²) in [7, 11) is 0. The fraction of sp³-hybridized carbons (Fsp3) is 0.429. The predicted octanol–water partition coefficient (Wildman–Crippen LogP) is 0.674. The van der Waals surface area contributed by atoms with Gasteiger partial charge < -0.3 is 14.7 Å². The van der Waals surface area contributed by atoms with E-state index in [1.54, 1.807) is 0 Å². The van der Waals surface area contributed by atoms with Gasteiger partial charge in [-0.05, 0) is 0 Å². The fourth-order valence-electron chi connectivity index (χ4n) is 2.02. The number of carbonyl (C=O) groups is 1. The van der Waals surface area contributed by atoms with Gasteiger partial charge in [-0.2, -0.15) is 0 Å². The number of amidine groups is 1. The highest BCUT2D eigenvalue weighted by Crippen LogP contribution is 2.11. The lowest BCUT2D eigenvalue weighted by molar-refractivity contribution is -0.144. The van der Waals surface area contributed by atoms with Gasteiger partial charge in [-0.25, -0.2) is 0 Å². The number of hydrogen-bond donors (Lipinski definition) is 1. The van der Waals surface area contributed by atoms with Crippen molar-refractivity contribution in [3.63, 3.8) is 0 Å². The van der Waals surface area contributed by atoms with Crippen molar-refractivity contribution in [3.8, 4) is 0 Å². The topological polar surface area (TPSA) is 62.1 Å². The minimum Gasteiger partial charge on any atom is -0.463 e. The summed E-state index contributed by atoms with van der Waals surface area (Å²) in [5, 5.41) is 8.58. The van der Waals surface area contributed by atoms with E-state index in [9.17, 15) is 4.79 Å². The zero-order valence-electron chi connectivity index (χ0n) is 10.8. The molecule has 0 unspecified atom stereocenters. The Kier molecular flexibility index (Phi) is 4.92. The van der Waals surface area contributed by atoms with E-state index in [1.807, 2.05) is 30.3 Å². The summed E-state index contributed by atoms with van der Waals surface area (Å²) in [4.78, 5) is 18.0. The van der Waals surface area contributed by atoms with Crippen molar-refractivity contribution in [2.45, 2.75) is 6.42 Å². The average Bonchev–Trinajstić information content (AvgIpc) is 2.92. The molecule has 0 bridgehead atoms. The summed E-state index contributed by atoms with van der Waals surface area (Å²) in [5.41, 5.74) is 1.07. The molecule has 0 amide bonds. The molecule has 5 nitrogen and oxygen atoms in total. The summed E-state index contributed by atoms with van der Waals surface area (Å²) in [6.45, 7) is 2.12. The second kappa shape index (κ2) is 6.89. The monoisotopic (exact) mass is 262 g/mol. The summed E-state index contributed by atoms with van der Waals surface area (Å²) < 4.78 is 4.84. The number of aliphatic hydroxyl groups excluding tert-OH is 1. The number of aliphatic hydroxyl groups is 1. The van der Waals surface area contributed by atoms with Crippen LogP contribution in [-0.4, -0.2) is 54.7 Å². The van der Waals surface area contributed by atoms with Gasteiger partial charge in [-0.3, -0.25) is 9.79 Å². The predicted molar refractivity (Wildman–Crippen MR) is 72.1 cm³/mol. The van der Waals surface area contributed by atoms with Crippen molar-refractivity contribution in [3.05, 3.63) is 35.9 Å².